The van der Waals surface area contributed by atoms with Gasteiger partial charge in [-0.1, -0.05) is 24.3 Å². The summed E-state index contributed by atoms with van der Waals surface area (Å²) in [5, 5.41) is 0. The highest BCUT2D eigenvalue weighted by atomic mass is 32.2. The van der Waals surface area contributed by atoms with Crippen molar-refractivity contribution in [2.75, 3.05) is 0 Å². The van der Waals surface area contributed by atoms with Gasteiger partial charge in [0.1, 0.15) is 17.7 Å². The number of benzene rings is 2. The Morgan fingerprint density at radius 2 is 1.13 bits per heavy atom. The first-order chi connectivity index (χ1) is 10.6. The molecule has 0 saturated heterocycles. The molecule has 0 N–H and O–H groups in total. The van der Waals surface area contributed by atoms with Gasteiger partial charge in [0.15, 0.2) is 0 Å². The minimum absolute atomic E-state index is 0.0363. The number of halogens is 5. The van der Waals surface area contributed by atoms with E-state index in [2.05, 4.69) is 4.18 Å². The lowest BCUT2D eigenvalue weighted by molar-refractivity contribution is -0.0562. The summed E-state index contributed by atoms with van der Waals surface area (Å²) in [6.45, 7) is 0. The van der Waals surface area contributed by atoms with E-state index in [1.807, 2.05) is 0 Å². The van der Waals surface area contributed by atoms with E-state index in [-0.39, 0.29) is 11.1 Å². The number of hydrogen-bond acceptors (Lipinski definition) is 3. The zero-order valence-corrected chi connectivity index (χ0v) is 12.0. The molecule has 0 heterocycles. The Bertz CT molecular complexity index is 722. The van der Waals surface area contributed by atoms with Crippen molar-refractivity contribution in [3.63, 3.8) is 0 Å². The van der Waals surface area contributed by atoms with Crippen molar-refractivity contribution < 1.29 is 34.6 Å². The molecule has 0 fully saturated rings. The number of alkyl halides is 3. The Balaban J connectivity index is 2.48. The summed E-state index contributed by atoms with van der Waals surface area (Å²) < 4.78 is 90.2. The molecule has 0 spiro atoms. The van der Waals surface area contributed by atoms with Crippen molar-refractivity contribution in [1.82, 2.24) is 0 Å². The molecule has 0 bridgehead atoms. The van der Waals surface area contributed by atoms with Crippen LogP contribution in [0.25, 0.3) is 0 Å². The van der Waals surface area contributed by atoms with Crippen LogP contribution in [-0.2, 0) is 14.3 Å². The fourth-order valence-corrected chi connectivity index (χ4v) is 2.34. The standard InChI is InChI=1S/C14H9F5O3S/c15-11-5-1-9(2-6-11)13(10-3-7-12(16)8-4-10)22-23(20,21)14(17,18)19/h1-8,13H. The summed E-state index contributed by atoms with van der Waals surface area (Å²) in [7, 11) is -5.90. The molecule has 0 radical (unpaired) electrons. The lowest BCUT2D eigenvalue weighted by Gasteiger charge is -2.19. The molecular formula is C14H9F5O3S. The summed E-state index contributed by atoms with van der Waals surface area (Å²) in [5.74, 6) is -1.32. The Hall–Kier alpha value is -2.00. The van der Waals surface area contributed by atoms with Gasteiger partial charge in [0.25, 0.3) is 0 Å². The van der Waals surface area contributed by atoms with Gasteiger partial charge in [-0.3, -0.25) is 4.18 Å². The van der Waals surface area contributed by atoms with E-state index < -0.39 is 33.4 Å². The van der Waals surface area contributed by atoms with Gasteiger partial charge < -0.3 is 0 Å². The van der Waals surface area contributed by atoms with E-state index in [0.29, 0.717) is 0 Å². The lowest BCUT2D eigenvalue weighted by atomic mass is 10.0. The van der Waals surface area contributed by atoms with Crippen LogP contribution in [-0.4, -0.2) is 13.9 Å². The second-order valence-electron chi connectivity index (χ2n) is 4.48. The van der Waals surface area contributed by atoms with Crippen LogP contribution in [0, 0.1) is 11.6 Å². The molecule has 0 aliphatic carbocycles. The molecule has 2 aromatic rings. The van der Waals surface area contributed by atoms with Gasteiger partial charge in [0.05, 0.1) is 0 Å². The van der Waals surface area contributed by atoms with Gasteiger partial charge >= 0.3 is 15.6 Å². The predicted octanol–water partition coefficient (Wildman–Crippen LogP) is 3.92. The fraction of sp³-hybridized carbons (Fsp3) is 0.143. The Labute approximate surface area is 128 Å². The molecule has 0 saturated carbocycles. The maximum absolute atomic E-state index is 12.9. The highest BCUT2D eigenvalue weighted by molar-refractivity contribution is 7.87. The minimum Gasteiger partial charge on any atom is -0.250 e. The van der Waals surface area contributed by atoms with Crippen molar-refractivity contribution in [3.05, 3.63) is 71.3 Å². The third-order valence-corrected chi connectivity index (χ3v) is 3.86. The molecule has 23 heavy (non-hydrogen) atoms. The second kappa shape index (κ2) is 6.25. The van der Waals surface area contributed by atoms with Crippen LogP contribution in [0.2, 0.25) is 0 Å². The van der Waals surface area contributed by atoms with Crippen LogP contribution < -0.4 is 0 Å². The summed E-state index contributed by atoms with van der Waals surface area (Å²) >= 11 is 0. The zero-order valence-electron chi connectivity index (χ0n) is 11.2. The van der Waals surface area contributed by atoms with E-state index in [4.69, 9.17) is 0 Å². The molecule has 3 nitrogen and oxygen atoms in total. The van der Waals surface area contributed by atoms with E-state index in [9.17, 15) is 30.4 Å². The zero-order chi connectivity index (χ0) is 17.3. The van der Waals surface area contributed by atoms with Crippen molar-refractivity contribution in [2.24, 2.45) is 0 Å². The lowest BCUT2D eigenvalue weighted by Crippen LogP contribution is -2.27. The third-order valence-electron chi connectivity index (χ3n) is 2.85. The van der Waals surface area contributed by atoms with Crippen molar-refractivity contribution in [2.45, 2.75) is 11.6 Å². The molecule has 0 unspecified atom stereocenters. The van der Waals surface area contributed by atoms with Crippen molar-refractivity contribution in [1.29, 1.82) is 0 Å². The molecule has 0 amide bonds. The molecule has 0 aliphatic rings. The van der Waals surface area contributed by atoms with Crippen LogP contribution in [0.5, 0.6) is 0 Å². The maximum atomic E-state index is 12.9. The molecule has 9 heteroatoms. The van der Waals surface area contributed by atoms with Gasteiger partial charge in [0, 0.05) is 0 Å². The SMILES string of the molecule is O=S(=O)(OC(c1ccc(F)cc1)c1ccc(F)cc1)C(F)(F)F. The van der Waals surface area contributed by atoms with E-state index in [1.165, 1.54) is 0 Å². The highest BCUT2D eigenvalue weighted by Gasteiger charge is 2.49. The first kappa shape index (κ1) is 17.4. The molecule has 0 aromatic heterocycles. The summed E-state index contributed by atoms with van der Waals surface area (Å²) in [5.41, 5.74) is -5.69. The summed E-state index contributed by atoms with van der Waals surface area (Å²) in [6, 6.07) is 8.07. The Kier molecular flexibility index (Phi) is 4.71. The van der Waals surface area contributed by atoms with Crippen LogP contribution >= 0.6 is 0 Å². The highest BCUT2D eigenvalue weighted by Crippen LogP contribution is 2.34. The van der Waals surface area contributed by atoms with Crippen LogP contribution in [0.1, 0.15) is 17.2 Å². The molecule has 2 aromatic carbocycles. The summed E-state index contributed by atoms with van der Waals surface area (Å²) in [4.78, 5) is 0. The molecular weight excluding hydrogens is 343 g/mol. The summed E-state index contributed by atoms with van der Waals surface area (Å²) in [6.07, 6.45) is -1.69. The van der Waals surface area contributed by atoms with Crippen LogP contribution in [0.15, 0.2) is 48.5 Å². The number of hydrogen-bond donors (Lipinski definition) is 0. The van der Waals surface area contributed by atoms with Crippen LogP contribution in [0.4, 0.5) is 22.0 Å². The van der Waals surface area contributed by atoms with E-state index >= 15 is 0 Å². The number of rotatable bonds is 4. The Morgan fingerprint density at radius 1 is 0.783 bits per heavy atom. The average molecular weight is 352 g/mol. The smallest absolute Gasteiger partial charge is 0.250 e. The topological polar surface area (TPSA) is 43.4 Å². The second-order valence-corrected chi connectivity index (χ2v) is 6.04. The van der Waals surface area contributed by atoms with Gasteiger partial charge in [-0.2, -0.15) is 21.6 Å². The van der Waals surface area contributed by atoms with E-state index in [0.717, 1.165) is 48.5 Å². The monoisotopic (exact) mass is 352 g/mol. The van der Waals surface area contributed by atoms with Gasteiger partial charge in [0.2, 0.25) is 0 Å². The average Bonchev–Trinajstić information content (AvgIpc) is 2.46. The molecule has 0 aliphatic heterocycles. The minimum atomic E-state index is -5.90. The fourth-order valence-electron chi connectivity index (χ4n) is 1.76. The quantitative estimate of drug-likeness (QED) is 0.476. The molecule has 0 atom stereocenters. The van der Waals surface area contributed by atoms with Gasteiger partial charge in [-0.15, -0.1) is 0 Å². The van der Waals surface area contributed by atoms with Crippen LogP contribution in [0.3, 0.4) is 0 Å². The molecule has 2 rings (SSSR count). The Morgan fingerprint density at radius 3 is 1.43 bits per heavy atom. The normalized spacial score (nSPS) is 12.6. The largest absolute Gasteiger partial charge is 0.523 e. The molecule has 124 valence electrons. The predicted molar refractivity (Wildman–Crippen MR) is 70.7 cm³/mol. The third kappa shape index (κ3) is 4.05. The van der Waals surface area contributed by atoms with Gasteiger partial charge in [-0.25, -0.2) is 8.78 Å². The maximum Gasteiger partial charge on any atom is 0.523 e. The van der Waals surface area contributed by atoms with E-state index in [1.54, 1.807) is 0 Å². The van der Waals surface area contributed by atoms with Crippen molar-refractivity contribution >= 4 is 10.1 Å². The van der Waals surface area contributed by atoms with Crippen molar-refractivity contribution in [3.8, 4) is 0 Å². The first-order valence-corrected chi connectivity index (χ1v) is 7.51. The van der Waals surface area contributed by atoms with Gasteiger partial charge in [-0.05, 0) is 35.4 Å². The first-order valence-electron chi connectivity index (χ1n) is 6.10.